The fraction of sp³-hybridized carbons (Fsp3) is 0.333. The average molecular weight is 428 g/mol. The largest absolute Gasteiger partial charge is 0.507 e. The SMILES string of the molecule is CC.O=C(CCC(=O)c1ccccc1CO)c1ccc2c(c1)OC(F)(F)C(F)(F)O2. The lowest BCUT2D eigenvalue weighted by molar-refractivity contribution is -0.391. The first kappa shape index (κ1) is 23.3. The van der Waals surface area contributed by atoms with Gasteiger partial charge < -0.3 is 14.6 Å². The minimum Gasteiger partial charge on any atom is -0.421 e. The number of aliphatic hydroxyl groups excluding tert-OH is 1. The number of ether oxygens (including phenoxy) is 2. The monoisotopic (exact) mass is 428 g/mol. The molecule has 0 saturated carbocycles. The third-order valence-corrected chi connectivity index (χ3v) is 4.15. The molecule has 5 nitrogen and oxygen atoms in total. The van der Waals surface area contributed by atoms with Gasteiger partial charge in [-0.3, -0.25) is 9.59 Å². The summed E-state index contributed by atoms with van der Waals surface area (Å²) in [5.74, 6) is -2.26. The smallest absolute Gasteiger partial charge is 0.421 e. The number of aliphatic hydroxyl groups is 1. The zero-order chi connectivity index (χ0) is 22.5. The van der Waals surface area contributed by atoms with Crippen molar-refractivity contribution in [2.24, 2.45) is 0 Å². The molecule has 1 N–H and O–H groups in total. The summed E-state index contributed by atoms with van der Waals surface area (Å²) in [6, 6.07) is 9.28. The first-order chi connectivity index (χ1) is 14.1. The molecule has 2 aromatic rings. The number of alkyl halides is 4. The van der Waals surface area contributed by atoms with E-state index in [1.807, 2.05) is 13.8 Å². The molecule has 0 spiro atoms. The number of carbonyl (C=O) groups is 2. The van der Waals surface area contributed by atoms with Gasteiger partial charge in [-0.1, -0.05) is 38.1 Å². The van der Waals surface area contributed by atoms with Gasteiger partial charge in [-0.05, 0) is 23.8 Å². The van der Waals surface area contributed by atoms with Crippen LogP contribution in [-0.2, 0) is 6.61 Å². The normalized spacial score (nSPS) is 15.6. The topological polar surface area (TPSA) is 72.8 Å². The molecule has 0 aromatic heterocycles. The van der Waals surface area contributed by atoms with Gasteiger partial charge in [-0.15, -0.1) is 0 Å². The lowest BCUT2D eigenvalue weighted by Gasteiger charge is -2.31. The highest BCUT2D eigenvalue weighted by molar-refractivity contribution is 6.03. The molecule has 0 unspecified atom stereocenters. The Balaban J connectivity index is 0.00000155. The van der Waals surface area contributed by atoms with Crippen LogP contribution in [0.2, 0.25) is 0 Å². The molecule has 1 heterocycles. The van der Waals surface area contributed by atoms with Crippen LogP contribution in [0.25, 0.3) is 0 Å². The standard InChI is InChI=1S/C19H14F4O5.C2H6/c20-18(21)19(22,23)28-17-9-11(5-8-16(17)27-18)14(25)6-7-15(26)13-4-2-1-3-12(13)10-24;1-2/h1-5,8-9,24H,6-7,10H2;1-2H3. The first-order valence-electron chi connectivity index (χ1n) is 9.17. The Morgan fingerprint density at radius 1 is 0.867 bits per heavy atom. The number of hydrogen-bond donors (Lipinski definition) is 1. The van der Waals surface area contributed by atoms with E-state index < -0.39 is 29.5 Å². The Kier molecular flexibility index (Phi) is 7.20. The number of fused-ring (bicyclic) bond motifs is 1. The van der Waals surface area contributed by atoms with Gasteiger partial charge in [-0.25, -0.2) is 0 Å². The van der Waals surface area contributed by atoms with Crippen molar-refractivity contribution in [3.8, 4) is 11.5 Å². The molecule has 0 amide bonds. The lowest BCUT2D eigenvalue weighted by Crippen LogP contribution is -2.52. The maximum Gasteiger partial charge on any atom is 0.507 e. The Morgan fingerprint density at radius 2 is 1.43 bits per heavy atom. The second kappa shape index (κ2) is 9.25. The molecule has 1 aliphatic heterocycles. The summed E-state index contributed by atoms with van der Waals surface area (Å²) in [5.41, 5.74) is 0.607. The van der Waals surface area contributed by atoms with Crippen molar-refractivity contribution in [3.05, 3.63) is 59.2 Å². The maximum atomic E-state index is 13.3. The Hall–Kier alpha value is -2.94. The van der Waals surface area contributed by atoms with Crippen LogP contribution in [0.15, 0.2) is 42.5 Å². The van der Waals surface area contributed by atoms with Gasteiger partial charge in [0.05, 0.1) is 6.61 Å². The molecule has 0 radical (unpaired) electrons. The van der Waals surface area contributed by atoms with E-state index in [0.717, 1.165) is 18.2 Å². The summed E-state index contributed by atoms with van der Waals surface area (Å²) in [5, 5.41) is 9.25. The van der Waals surface area contributed by atoms with Crippen LogP contribution in [0.3, 0.4) is 0 Å². The van der Waals surface area contributed by atoms with Gasteiger partial charge >= 0.3 is 12.2 Å². The zero-order valence-electron chi connectivity index (χ0n) is 16.3. The highest BCUT2D eigenvalue weighted by Gasteiger charge is 2.65. The van der Waals surface area contributed by atoms with Crippen LogP contribution in [0, 0.1) is 0 Å². The van der Waals surface area contributed by atoms with Crippen molar-refractivity contribution in [3.63, 3.8) is 0 Å². The minimum atomic E-state index is -4.88. The predicted molar refractivity (Wildman–Crippen MR) is 99.2 cm³/mol. The second-order valence-corrected chi connectivity index (χ2v) is 6.06. The maximum absolute atomic E-state index is 13.3. The van der Waals surface area contributed by atoms with Gasteiger partial charge in [0.2, 0.25) is 0 Å². The number of hydrogen-bond acceptors (Lipinski definition) is 5. The lowest BCUT2D eigenvalue weighted by atomic mass is 9.98. The van der Waals surface area contributed by atoms with Crippen LogP contribution in [-0.4, -0.2) is 28.9 Å². The molecule has 1 aliphatic rings. The summed E-state index contributed by atoms with van der Waals surface area (Å²) in [7, 11) is 0. The van der Waals surface area contributed by atoms with Crippen molar-refractivity contribution in [2.75, 3.05) is 0 Å². The molecule has 3 rings (SSSR count). The summed E-state index contributed by atoms with van der Waals surface area (Å²) in [6.45, 7) is 3.66. The van der Waals surface area contributed by atoms with Gasteiger partial charge in [0.25, 0.3) is 0 Å². The molecule has 0 saturated heterocycles. The van der Waals surface area contributed by atoms with E-state index in [1.165, 1.54) is 6.07 Å². The molecular weight excluding hydrogens is 408 g/mol. The second-order valence-electron chi connectivity index (χ2n) is 6.06. The summed E-state index contributed by atoms with van der Waals surface area (Å²) in [4.78, 5) is 24.5. The molecule has 2 aromatic carbocycles. The van der Waals surface area contributed by atoms with Crippen molar-refractivity contribution in [1.82, 2.24) is 0 Å². The van der Waals surface area contributed by atoms with Crippen molar-refractivity contribution in [1.29, 1.82) is 0 Å². The third kappa shape index (κ3) is 4.79. The average Bonchev–Trinajstić information content (AvgIpc) is 2.73. The first-order valence-corrected chi connectivity index (χ1v) is 9.17. The highest BCUT2D eigenvalue weighted by Crippen LogP contribution is 2.47. The number of rotatable bonds is 6. The Bertz CT molecular complexity index is 927. The van der Waals surface area contributed by atoms with Gasteiger partial charge in [0.1, 0.15) is 0 Å². The Labute approximate surface area is 170 Å². The summed E-state index contributed by atoms with van der Waals surface area (Å²) in [6.07, 6.45) is -10.1. The van der Waals surface area contributed by atoms with Crippen LogP contribution in [0.5, 0.6) is 11.5 Å². The number of ketones is 2. The summed E-state index contributed by atoms with van der Waals surface area (Å²) >= 11 is 0. The van der Waals surface area contributed by atoms with Crippen molar-refractivity contribution >= 4 is 11.6 Å². The third-order valence-electron chi connectivity index (χ3n) is 4.15. The van der Waals surface area contributed by atoms with E-state index in [-0.39, 0.29) is 36.4 Å². The van der Waals surface area contributed by atoms with Gasteiger partial charge in [0, 0.05) is 24.0 Å². The number of benzene rings is 2. The van der Waals surface area contributed by atoms with Gasteiger partial charge in [0.15, 0.2) is 23.1 Å². The summed E-state index contributed by atoms with van der Waals surface area (Å²) < 4.78 is 60.7. The van der Waals surface area contributed by atoms with E-state index in [9.17, 15) is 32.3 Å². The number of Topliss-reactive ketones (excluding diaryl/α,β-unsaturated/α-hetero) is 2. The van der Waals surface area contributed by atoms with Crippen LogP contribution < -0.4 is 9.47 Å². The molecule has 30 heavy (non-hydrogen) atoms. The van der Waals surface area contributed by atoms with E-state index in [4.69, 9.17) is 0 Å². The van der Waals surface area contributed by atoms with Crippen LogP contribution in [0.1, 0.15) is 53.0 Å². The molecule has 9 heteroatoms. The molecule has 162 valence electrons. The highest BCUT2D eigenvalue weighted by atomic mass is 19.3. The molecule has 0 atom stereocenters. The fourth-order valence-corrected chi connectivity index (χ4v) is 2.68. The number of carbonyl (C=O) groups excluding carboxylic acids is 2. The molecule has 0 fully saturated rings. The van der Waals surface area contributed by atoms with E-state index in [1.54, 1.807) is 18.2 Å². The zero-order valence-corrected chi connectivity index (χ0v) is 16.3. The minimum absolute atomic E-state index is 0.0911. The predicted octanol–water partition coefficient (Wildman–Crippen LogP) is 5.01. The molecular formula is C21H20F4O5. The fourth-order valence-electron chi connectivity index (χ4n) is 2.68. The Morgan fingerprint density at radius 3 is 2.07 bits per heavy atom. The quantitative estimate of drug-likeness (QED) is 0.517. The van der Waals surface area contributed by atoms with E-state index in [0.29, 0.717) is 5.56 Å². The van der Waals surface area contributed by atoms with Crippen molar-refractivity contribution in [2.45, 2.75) is 45.5 Å². The van der Waals surface area contributed by atoms with E-state index >= 15 is 0 Å². The molecule has 0 bridgehead atoms. The van der Waals surface area contributed by atoms with Crippen LogP contribution >= 0.6 is 0 Å². The van der Waals surface area contributed by atoms with E-state index in [2.05, 4.69) is 9.47 Å². The van der Waals surface area contributed by atoms with Crippen LogP contribution in [0.4, 0.5) is 17.6 Å². The van der Waals surface area contributed by atoms with Crippen molar-refractivity contribution < 1.29 is 41.7 Å². The number of halogens is 4. The molecule has 0 aliphatic carbocycles. The van der Waals surface area contributed by atoms with Gasteiger partial charge in [-0.2, -0.15) is 17.6 Å².